The van der Waals surface area contributed by atoms with E-state index in [1.165, 1.54) is 0 Å². The summed E-state index contributed by atoms with van der Waals surface area (Å²) in [7, 11) is 1.75. The fourth-order valence-corrected chi connectivity index (χ4v) is 0.845. The summed E-state index contributed by atoms with van der Waals surface area (Å²) < 4.78 is 0. The Balaban J connectivity index is 2.66. The quantitative estimate of drug-likeness (QED) is 0.440. The molecule has 1 aliphatic rings. The van der Waals surface area contributed by atoms with Gasteiger partial charge in [-0.1, -0.05) is 0 Å². The van der Waals surface area contributed by atoms with Crippen LogP contribution in [0.2, 0.25) is 0 Å². The second kappa shape index (κ2) is 2.38. The number of hydrogen-bond donors (Lipinski definition) is 1. The molecule has 10 heavy (non-hydrogen) atoms. The Morgan fingerprint density at radius 3 is 2.70 bits per heavy atom. The maximum absolute atomic E-state index is 10.8. The summed E-state index contributed by atoms with van der Waals surface area (Å²) in [5.41, 5.74) is 0. The first kappa shape index (κ1) is 7.21. The number of hydrogen-bond acceptors (Lipinski definition) is 3. The van der Waals surface area contributed by atoms with Crippen molar-refractivity contribution in [1.82, 2.24) is 10.2 Å². The van der Waals surface area contributed by atoms with Gasteiger partial charge >= 0.3 is 0 Å². The molecule has 1 heterocycles. The van der Waals surface area contributed by atoms with Crippen LogP contribution in [-0.2, 0) is 9.59 Å². The molecule has 0 bridgehead atoms. The van der Waals surface area contributed by atoms with Gasteiger partial charge in [-0.2, -0.15) is 0 Å². The molecular weight excluding hydrogens is 132 g/mol. The van der Waals surface area contributed by atoms with Gasteiger partial charge in [0, 0.05) is 0 Å². The molecule has 1 N–H and O–H groups in total. The van der Waals surface area contributed by atoms with E-state index in [0.717, 1.165) is 0 Å². The number of carbonyl (C=O) groups is 2. The molecular formula is C6H10N2O2. The zero-order valence-electron chi connectivity index (χ0n) is 6.05. The van der Waals surface area contributed by atoms with Gasteiger partial charge in [-0.3, -0.25) is 19.8 Å². The number of amides is 2. The summed E-state index contributed by atoms with van der Waals surface area (Å²) in [6.07, 6.45) is 0. The molecule has 0 radical (unpaired) electrons. The van der Waals surface area contributed by atoms with Crippen molar-refractivity contribution in [3.05, 3.63) is 0 Å². The summed E-state index contributed by atoms with van der Waals surface area (Å²) in [4.78, 5) is 23.2. The van der Waals surface area contributed by atoms with Gasteiger partial charge in [-0.25, -0.2) is 0 Å². The fraction of sp³-hybridized carbons (Fsp3) is 0.667. The zero-order chi connectivity index (χ0) is 7.72. The molecule has 2 amide bonds. The van der Waals surface area contributed by atoms with Crippen LogP contribution >= 0.6 is 0 Å². The molecule has 4 heteroatoms. The maximum atomic E-state index is 10.8. The number of carbonyl (C=O) groups excluding carboxylic acids is 2. The molecule has 1 unspecified atom stereocenters. The number of imide groups is 1. The minimum absolute atomic E-state index is 0.183. The Kier molecular flexibility index (Phi) is 1.72. The van der Waals surface area contributed by atoms with Crippen LogP contribution in [0.15, 0.2) is 0 Å². The van der Waals surface area contributed by atoms with E-state index in [0.29, 0.717) is 6.54 Å². The maximum Gasteiger partial charge on any atom is 0.243 e. The highest BCUT2D eigenvalue weighted by atomic mass is 16.2. The van der Waals surface area contributed by atoms with Crippen LogP contribution in [-0.4, -0.2) is 36.3 Å². The average Bonchev–Trinajstić information content (AvgIpc) is 1.82. The van der Waals surface area contributed by atoms with E-state index in [-0.39, 0.29) is 17.9 Å². The van der Waals surface area contributed by atoms with E-state index in [1.807, 2.05) is 0 Å². The molecule has 4 nitrogen and oxygen atoms in total. The van der Waals surface area contributed by atoms with Crippen molar-refractivity contribution in [2.75, 3.05) is 13.6 Å². The van der Waals surface area contributed by atoms with Gasteiger partial charge < -0.3 is 0 Å². The van der Waals surface area contributed by atoms with Crippen LogP contribution in [0, 0.1) is 0 Å². The summed E-state index contributed by atoms with van der Waals surface area (Å²) in [6, 6.07) is -0.183. The minimum Gasteiger partial charge on any atom is -0.294 e. The third-order valence-corrected chi connectivity index (χ3v) is 1.70. The SMILES string of the molecule is CC1C(=O)NC(=O)CN1C. The van der Waals surface area contributed by atoms with Gasteiger partial charge in [0.15, 0.2) is 0 Å². The molecule has 0 aromatic heterocycles. The van der Waals surface area contributed by atoms with E-state index in [2.05, 4.69) is 5.32 Å². The molecule has 0 spiro atoms. The number of nitrogens with one attached hydrogen (secondary N) is 1. The van der Waals surface area contributed by atoms with Gasteiger partial charge in [0.05, 0.1) is 12.6 Å². The smallest absolute Gasteiger partial charge is 0.243 e. The lowest BCUT2D eigenvalue weighted by Crippen LogP contribution is -2.55. The number of piperazine rings is 1. The summed E-state index contributed by atoms with van der Waals surface area (Å²) in [5.74, 6) is -0.427. The first-order valence-corrected chi connectivity index (χ1v) is 3.15. The van der Waals surface area contributed by atoms with Crippen LogP contribution in [0.25, 0.3) is 0 Å². The highest BCUT2D eigenvalue weighted by Gasteiger charge is 2.26. The van der Waals surface area contributed by atoms with Crippen LogP contribution in [0.5, 0.6) is 0 Å². The molecule has 1 rings (SSSR count). The van der Waals surface area contributed by atoms with Crippen LogP contribution in [0.3, 0.4) is 0 Å². The van der Waals surface area contributed by atoms with Gasteiger partial charge in [-0.15, -0.1) is 0 Å². The van der Waals surface area contributed by atoms with E-state index >= 15 is 0 Å². The van der Waals surface area contributed by atoms with Crippen molar-refractivity contribution in [2.24, 2.45) is 0 Å². The van der Waals surface area contributed by atoms with E-state index in [4.69, 9.17) is 0 Å². The van der Waals surface area contributed by atoms with Crippen LogP contribution in [0.1, 0.15) is 6.92 Å². The van der Waals surface area contributed by atoms with Crippen LogP contribution in [0.4, 0.5) is 0 Å². The fourth-order valence-electron chi connectivity index (χ4n) is 0.845. The van der Waals surface area contributed by atoms with Crippen molar-refractivity contribution < 1.29 is 9.59 Å². The molecule has 0 aromatic carbocycles. The number of likely N-dealkylation sites (N-methyl/N-ethyl adjacent to an activating group) is 1. The first-order chi connectivity index (χ1) is 4.61. The largest absolute Gasteiger partial charge is 0.294 e. The molecule has 56 valence electrons. The van der Waals surface area contributed by atoms with Gasteiger partial charge in [0.1, 0.15) is 0 Å². The molecule has 1 atom stereocenters. The van der Waals surface area contributed by atoms with E-state index in [1.54, 1.807) is 18.9 Å². The molecule has 0 saturated carbocycles. The van der Waals surface area contributed by atoms with E-state index < -0.39 is 0 Å². The van der Waals surface area contributed by atoms with Crippen molar-refractivity contribution in [3.63, 3.8) is 0 Å². The van der Waals surface area contributed by atoms with Crippen LogP contribution < -0.4 is 5.32 Å². The second-order valence-electron chi connectivity index (χ2n) is 2.50. The lowest BCUT2D eigenvalue weighted by atomic mass is 10.2. The molecule has 0 aliphatic carbocycles. The monoisotopic (exact) mass is 142 g/mol. The molecule has 0 aromatic rings. The molecule has 1 fully saturated rings. The lowest BCUT2D eigenvalue weighted by Gasteiger charge is -2.27. The Hall–Kier alpha value is -0.900. The average molecular weight is 142 g/mol. The Labute approximate surface area is 59.2 Å². The standard InChI is InChI=1S/C6H10N2O2/c1-4-6(10)7-5(9)3-8(4)2/h4H,3H2,1-2H3,(H,7,9,10). The highest BCUT2D eigenvalue weighted by molar-refractivity contribution is 6.00. The minimum atomic E-state index is -0.217. The molecule has 1 saturated heterocycles. The topological polar surface area (TPSA) is 49.4 Å². The predicted octanol–water partition coefficient (Wildman–Crippen LogP) is -1.04. The van der Waals surface area contributed by atoms with Crippen molar-refractivity contribution >= 4 is 11.8 Å². The van der Waals surface area contributed by atoms with Crippen molar-refractivity contribution in [1.29, 1.82) is 0 Å². The van der Waals surface area contributed by atoms with Crippen molar-refractivity contribution in [3.8, 4) is 0 Å². The lowest BCUT2D eigenvalue weighted by molar-refractivity contribution is -0.138. The van der Waals surface area contributed by atoms with Gasteiger partial charge in [0.2, 0.25) is 11.8 Å². The van der Waals surface area contributed by atoms with Crippen molar-refractivity contribution in [2.45, 2.75) is 13.0 Å². The number of nitrogens with zero attached hydrogens (tertiary/aromatic N) is 1. The summed E-state index contributed by atoms with van der Waals surface area (Å²) in [5, 5.41) is 2.24. The van der Waals surface area contributed by atoms with E-state index in [9.17, 15) is 9.59 Å². The Morgan fingerprint density at radius 1 is 1.60 bits per heavy atom. The normalized spacial score (nSPS) is 28.4. The zero-order valence-corrected chi connectivity index (χ0v) is 6.05. The Morgan fingerprint density at radius 2 is 2.20 bits per heavy atom. The summed E-state index contributed by atoms with van der Waals surface area (Å²) in [6.45, 7) is 2.08. The summed E-state index contributed by atoms with van der Waals surface area (Å²) >= 11 is 0. The Bertz CT molecular complexity index is 179. The third-order valence-electron chi connectivity index (χ3n) is 1.70. The van der Waals surface area contributed by atoms with Gasteiger partial charge in [-0.05, 0) is 14.0 Å². The number of rotatable bonds is 0. The third kappa shape index (κ3) is 1.16. The molecule has 1 aliphatic heterocycles. The predicted molar refractivity (Wildman–Crippen MR) is 35.2 cm³/mol. The van der Waals surface area contributed by atoms with Gasteiger partial charge in [0.25, 0.3) is 0 Å². The second-order valence-corrected chi connectivity index (χ2v) is 2.50. The highest BCUT2D eigenvalue weighted by Crippen LogP contribution is 1.99. The first-order valence-electron chi connectivity index (χ1n) is 3.15.